The fraction of sp³-hybridized carbons (Fsp3) is 0.0714. The molecule has 0 radical (unpaired) electrons. The lowest BCUT2D eigenvalue weighted by molar-refractivity contribution is 1.31. The third-order valence-electron chi connectivity index (χ3n) is 2.15. The zero-order chi connectivity index (χ0) is 12.0. The molecule has 0 bridgehead atoms. The van der Waals surface area contributed by atoms with Crippen molar-refractivity contribution in [2.24, 2.45) is 4.99 Å². The monoisotopic (exact) mass is 212 g/mol. The normalized spacial score (nSPS) is 11.1. The topological polar surface area (TPSA) is 28.1 Å². The molecule has 0 aliphatic rings. The summed E-state index contributed by atoms with van der Waals surface area (Å²) in [6.07, 6.45) is 10.8. The highest BCUT2D eigenvalue weighted by Crippen LogP contribution is 2.28. The molecule has 16 heavy (non-hydrogen) atoms. The van der Waals surface area contributed by atoms with Crippen molar-refractivity contribution in [1.82, 2.24) is 4.98 Å². The maximum absolute atomic E-state index is 4.26. The van der Waals surface area contributed by atoms with Crippen LogP contribution in [0.1, 0.15) is 23.7 Å². The van der Waals surface area contributed by atoms with Gasteiger partial charge in [-0.05, 0) is 13.0 Å². The summed E-state index contributed by atoms with van der Waals surface area (Å²) in [4.78, 5) is 7.47. The van der Waals surface area contributed by atoms with Crippen LogP contribution in [0.3, 0.4) is 0 Å². The number of aliphatic imine (C=N–C) groups is 1. The summed E-state index contributed by atoms with van der Waals surface area (Å²) in [6, 6.07) is 0. The molecule has 0 unspecified atom stereocenters. The number of aromatic amines is 1. The lowest BCUT2D eigenvalue weighted by Crippen LogP contribution is -1.76. The number of allylic oxidation sites excluding steroid dienone is 2. The van der Waals surface area contributed by atoms with E-state index in [1.807, 2.05) is 19.1 Å². The predicted octanol–water partition coefficient (Wildman–Crippen LogP) is 4.22. The summed E-state index contributed by atoms with van der Waals surface area (Å²) in [5, 5.41) is 0. The van der Waals surface area contributed by atoms with E-state index in [0.717, 1.165) is 22.6 Å². The summed E-state index contributed by atoms with van der Waals surface area (Å²) in [6.45, 7) is 13.1. The number of nitrogens with one attached hydrogen (secondary N) is 1. The van der Waals surface area contributed by atoms with Crippen molar-refractivity contribution in [2.75, 3.05) is 0 Å². The molecular formula is C14H16N2. The first-order chi connectivity index (χ1) is 7.78. The van der Waals surface area contributed by atoms with Crippen molar-refractivity contribution in [3.05, 3.63) is 48.7 Å². The van der Waals surface area contributed by atoms with Gasteiger partial charge in [0.2, 0.25) is 0 Å². The van der Waals surface area contributed by atoms with Crippen LogP contribution in [0.25, 0.3) is 18.2 Å². The predicted molar refractivity (Wildman–Crippen MR) is 74.0 cm³/mol. The van der Waals surface area contributed by atoms with Gasteiger partial charge in [-0.15, -0.1) is 0 Å². The number of nitrogens with zero attached hydrogens (tertiary/aromatic N) is 1. The van der Waals surface area contributed by atoms with Gasteiger partial charge in [-0.3, -0.25) is 0 Å². The van der Waals surface area contributed by atoms with Crippen LogP contribution in [0.4, 0.5) is 5.82 Å². The molecular weight excluding hydrogens is 196 g/mol. The minimum absolute atomic E-state index is 0.802. The molecule has 82 valence electrons. The van der Waals surface area contributed by atoms with E-state index in [-0.39, 0.29) is 0 Å². The summed E-state index contributed by atoms with van der Waals surface area (Å²) < 4.78 is 0. The van der Waals surface area contributed by atoms with Crippen LogP contribution < -0.4 is 0 Å². The average Bonchev–Trinajstić information content (AvgIpc) is 2.63. The van der Waals surface area contributed by atoms with E-state index >= 15 is 0 Å². The molecule has 0 fully saturated rings. The maximum atomic E-state index is 4.26. The van der Waals surface area contributed by atoms with Crippen molar-refractivity contribution in [3.63, 3.8) is 0 Å². The SMILES string of the molecule is C=C/C=C\c1[nH]c(N=CC)c(C=C)c1C=C. The van der Waals surface area contributed by atoms with Gasteiger partial charge >= 0.3 is 0 Å². The van der Waals surface area contributed by atoms with Crippen LogP contribution in [0.15, 0.2) is 36.9 Å². The minimum Gasteiger partial charge on any atom is -0.339 e. The van der Waals surface area contributed by atoms with E-state index < -0.39 is 0 Å². The van der Waals surface area contributed by atoms with Crippen molar-refractivity contribution < 1.29 is 0 Å². The van der Waals surface area contributed by atoms with E-state index in [9.17, 15) is 0 Å². The standard InChI is InChI=1S/C14H16N2/c1-5-9-10-13-11(6-2)12(7-3)14(16-13)15-8-4/h5-10,16H,1-3H2,4H3/b10-9-,15-8?. The largest absolute Gasteiger partial charge is 0.339 e. The Morgan fingerprint density at radius 2 is 1.81 bits per heavy atom. The van der Waals surface area contributed by atoms with Gasteiger partial charge in [0.15, 0.2) is 0 Å². The highest BCUT2D eigenvalue weighted by molar-refractivity contribution is 5.80. The average molecular weight is 212 g/mol. The molecule has 0 aliphatic carbocycles. The van der Waals surface area contributed by atoms with E-state index in [4.69, 9.17) is 0 Å². The van der Waals surface area contributed by atoms with Gasteiger partial charge in [0.05, 0.1) is 0 Å². The summed E-state index contributed by atoms with van der Waals surface area (Å²) in [5.74, 6) is 0.802. The quantitative estimate of drug-likeness (QED) is 0.559. The van der Waals surface area contributed by atoms with Crippen molar-refractivity contribution in [1.29, 1.82) is 0 Å². The molecule has 0 aliphatic heterocycles. The summed E-state index contributed by atoms with van der Waals surface area (Å²) in [7, 11) is 0. The lowest BCUT2D eigenvalue weighted by Gasteiger charge is -1.93. The smallest absolute Gasteiger partial charge is 0.137 e. The lowest BCUT2D eigenvalue weighted by atomic mass is 10.1. The second-order valence-electron chi connectivity index (χ2n) is 3.10. The van der Waals surface area contributed by atoms with Gasteiger partial charge in [0, 0.05) is 23.0 Å². The van der Waals surface area contributed by atoms with E-state index in [1.165, 1.54) is 0 Å². The van der Waals surface area contributed by atoms with Crippen molar-refractivity contribution in [3.8, 4) is 0 Å². The van der Waals surface area contributed by atoms with Crippen LogP contribution in [-0.4, -0.2) is 11.2 Å². The Hall–Kier alpha value is -2.09. The minimum atomic E-state index is 0.802. The zero-order valence-electron chi connectivity index (χ0n) is 9.53. The summed E-state index contributed by atoms with van der Waals surface area (Å²) >= 11 is 0. The molecule has 0 amide bonds. The van der Waals surface area contributed by atoms with Crippen molar-refractivity contribution in [2.45, 2.75) is 6.92 Å². The fourth-order valence-corrected chi connectivity index (χ4v) is 1.49. The third-order valence-corrected chi connectivity index (χ3v) is 2.15. The van der Waals surface area contributed by atoms with Crippen LogP contribution in [0.2, 0.25) is 0 Å². The van der Waals surface area contributed by atoms with Crippen LogP contribution in [0.5, 0.6) is 0 Å². The highest BCUT2D eigenvalue weighted by atomic mass is 14.9. The van der Waals surface area contributed by atoms with Crippen LogP contribution in [0, 0.1) is 0 Å². The van der Waals surface area contributed by atoms with E-state index in [2.05, 4.69) is 29.7 Å². The molecule has 0 aromatic carbocycles. The van der Waals surface area contributed by atoms with E-state index in [0.29, 0.717) is 0 Å². The Morgan fingerprint density at radius 1 is 1.12 bits per heavy atom. The molecule has 0 saturated carbocycles. The summed E-state index contributed by atoms with van der Waals surface area (Å²) in [5.41, 5.74) is 2.94. The van der Waals surface area contributed by atoms with Crippen LogP contribution in [-0.2, 0) is 0 Å². The Morgan fingerprint density at radius 3 is 2.31 bits per heavy atom. The molecule has 1 aromatic rings. The Balaban J connectivity index is 3.38. The van der Waals surface area contributed by atoms with Gasteiger partial charge in [-0.25, -0.2) is 4.99 Å². The van der Waals surface area contributed by atoms with Gasteiger partial charge in [-0.1, -0.05) is 44.0 Å². The molecule has 1 aromatic heterocycles. The van der Waals surface area contributed by atoms with Crippen molar-refractivity contribution >= 4 is 30.3 Å². The Bertz CT molecular complexity index is 459. The second kappa shape index (κ2) is 5.71. The van der Waals surface area contributed by atoms with Gasteiger partial charge in [-0.2, -0.15) is 0 Å². The van der Waals surface area contributed by atoms with Gasteiger partial charge in [0.25, 0.3) is 0 Å². The molecule has 0 atom stereocenters. The highest BCUT2D eigenvalue weighted by Gasteiger charge is 2.09. The van der Waals surface area contributed by atoms with Gasteiger partial charge < -0.3 is 4.98 Å². The number of hydrogen-bond donors (Lipinski definition) is 1. The molecule has 1 rings (SSSR count). The number of H-pyrrole nitrogens is 1. The first-order valence-electron chi connectivity index (χ1n) is 5.07. The third kappa shape index (κ3) is 2.28. The fourth-order valence-electron chi connectivity index (χ4n) is 1.49. The number of hydrogen-bond acceptors (Lipinski definition) is 1. The van der Waals surface area contributed by atoms with E-state index in [1.54, 1.807) is 24.4 Å². The molecule has 2 heteroatoms. The molecule has 1 N–H and O–H groups in total. The molecule has 0 spiro atoms. The zero-order valence-corrected chi connectivity index (χ0v) is 9.53. The maximum Gasteiger partial charge on any atom is 0.137 e. The van der Waals surface area contributed by atoms with Crippen LogP contribution >= 0.6 is 0 Å². The Labute approximate surface area is 96.4 Å². The Kier molecular flexibility index (Phi) is 4.28. The van der Waals surface area contributed by atoms with Gasteiger partial charge in [0.1, 0.15) is 5.82 Å². The first-order valence-corrected chi connectivity index (χ1v) is 5.07. The number of rotatable bonds is 5. The molecule has 1 heterocycles. The molecule has 0 saturated heterocycles. The molecule has 2 nitrogen and oxygen atoms in total. The first kappa shape index (κ1) is 12.0. The second-order valence-corrected chi connectivity index (χ2v) is 3.10. The number of aromatic nitrogens is 1.